The van der Waals surface area contributed by atoms with Gasteiger partial charge in [0.1, 0.15) is 11.3 Å². The highest BCUT2D eigenvalue weighted by Crippen LogP contribution is 2.14. The van der Waals surface area contributed by atoms with Gasteiger partial charge >= 0.3 is 5.97 Å². The summed E-state index contributed by atoms with van der Waals surface area (Å²) < 4.78 is 15.0. The van der Waals surface area contributed by atoms with Gasteiger partial charge in [0.25, 0.3) is 5.89 Å². The standard InChI is InChI=1S/C10H11N3O4/c1-5-9(6(2)17-13-5)10(14)15-4-8-12-11-7(3)16-8/h4H2,1-3H3. The summed E-state index contributed by atoms with van der Waals surface area (Å²) in [4.78, 5) is 11.7. The molecule has 0 N–H and O–H groups in total. The highest BCUT2D eigenvalue weighted by Gasteiger charge is 2.19. The summed E-state index contributed by atoms with van der Waals surface area (Å²) in [6.45, 7) is 4.91. The van der Waals surface area contributed by atoms with Crippen LogP contribution >= 0.6 is 0 Å². The number of ether oxygens (including phenoxy) is 1. The summed E-state index contributed by atoms with van der Waals surface area (Å²) in [6, 6.07) is 0. The largest absolute Gasteiger partial charge is 0.452 e. The molecule has 90 valence electrons. The Balaban J connectivity index is 2.03. The molecule has 7 heteroatoms. The number of aryl methyl sites for hydroxylation is 3. The van der Waals surface area contributed by atoms with Gasteiger partial charge in [-0.2, -0.15) is 0 Å². The second-order valence-corrected chi connectivity index (χ2v) is 3.49. The van der Waals surface area contributed by atoms with Crippen molar-refractivity contribution in [2.24, 2.45) is 0 Å². The molecule has 0 aliphatic heterocycles. The van der Waals surface area contributed by atoms with E-state index in [0.29, 0.717) is 22.9 Å². The third-order valence-electron chi connectivity index (χ3n) is 2.13. The molecule has 0 aromatic carbocycles. The van der Waals surface area contributed by atoms with Gasteiger partial charge in [-0.3, -0.25) is 0 Å². The van der Waals surface area contributed by atoms with Gasteiger partial charge in [-0.05, 0) is 13.8 Å². The lowest BCUT2D eigenvalue weighted by molar-refractivity contribution is 0.0434. The Morgan fingerprint density at radius 3 is 2.59 bits per heavy atom. The normalized spacial score (nSPS) is 10.5. The topological polar surface area (TPSA) is 91.2 Å². The first-order chi connectivity index (χ1) is 8.08. The predicted octanol–water partition coefficient (Wildman–Crippen LogP) is 1.34. The Labute approximate surface area is 96.8 Å². The van der Waals surface area contributed by atoms with E-state index in [0.717, 1.165) is 0 Å². The molecule has 2 rings (SSSR count). The predicted molar refractivity (Wildman–Crippen MR) is 54.1 cm³/mol. The molecular formula is C10H11N3O4. The van der Waals surface area contributed by atoms with Crippen molar-refractivity contribution in [1.82, 2.24) is 15.4 Å². The Kier molecular flexibility index (Phi) is 2.90. The van der Waals surface area contributed by atoms with Crippen LogP contribution < -0.4 is 0 Å². The minimum atomic E-state index is -0.517. The van der Waals surface area contributed by atoms with Gasteiger partial charge in [0.05, 0.1) is 5.69 Å². The van der Waals surface area contributed by atoms with Crippen LogP contribution in [0.15, 0.2) is 8.94 Å². The monoisotopic (exact) mass is 237 g/mol. The van der Waals surface area contributed by atoms with Crippen molar-refractivity contribution >= 4 is 5.97 Å². The van der Waals surface area contributed by atoms with E-state index in [4.69, 9.17) is 13.7 Å². The molecule has 7 nitrogen and oxygen atoms in total. The van der Waals surface area contributed by atoms with Gasteiger partial charge in [0.15, 0.2) is 6.61 Å². The second kappa shape index (κ2) is 4.36. The lowest BCUT2D eigenvalue weighted by Gasteiger charge is -2.00. The molecule has 17 heavy (non-hydrogen) atoms. The summed E-state index contributed by atoms with van der Waals surface area (Å²) in [5.74, 6) is 0.585. The summed E-state index contributed by atoms with van der Waals surface area (Å²) in [5.41, 5.74) is 0.829. The molecule has 0 aliphatic rings. The van der Waals surface area contributed by atoms with Crippen LogP contribution in [0.4, 0.5) is 0 Å². The van der Waals surface area contributed by atoms with Gasteiger partial charge < -0.3 is 13.7 Å². The number of hydrogen-bond acceptors (Lipinski definition) is 7. The van der Waals surface area contributed by atoms with Crippen LogP contribution in [0.1, 0.15) is 33.6 Å². The average molecular weight is 237 g/mol. The molecular weight excluding hydrogens is 226 g/mol. The number of aromatic nitrogens is 3. The van der Waals surface area contributed by atoms with Crippen LogP contribution in [0.25, 0.3) is 0 Å². The van der Waals surface area contributed by atoms with E-state index in [1.54, 1.807) is 20.8 Å². The van der Waals surface area contributed by atoms with Crippen molar-refractivity contribution < 1.29 is 18.5 Å². The number of carbonyl (C=O) groups excluding carboxylic acids is 1. The first-order valence-corrected chi connectivity index (χ1v) is 4.97. The minimum Gasteiger partial charge on any atom is -0.452 e. The summed E-state index contributed by atoms with van der Waals surface area (Å²) in [6.07, 6.45) is 0. The van der Waals surface area contributed by atoms with E-state index in [2.05, 4.69) is 15.4 Å². The molecule has 0 unspecified atom stereocenters. The smallest absolute Gasteiger partial charge is 0.344 e. The number of carbonyl (C=O) groups is 1. The molecule has 0 amide bonds. The lowest BCUT2D eigenvalue weighted by Crippen LogP contribution is -2.07. The Morgan fingerprint density at radius 1 is 1.29 bits per heavy atom. The van der Waals surface area contributed by atoms with Gasteiger partial charge in [-0.1, -0.05) is 5.16 Å². The van der Waals surface area contributed by atoms with Crippen molar-refractivity contribution in [3.05, 3.63) is 28.8 Å². The van der Waals surface area contributed by atoms with Crippen molar-refractivity contribution in [1.29, 1.82) is 0 Å². The molecule has 0 saturated carbocycles. The maximum atomic E-state index is 11.7. The number of esters is 1. The zero-order valence-electron chi connectivity index (χ0n) is 9.68. The van der Waals surface area contributed by atoms with Gasteiger partial charge in [0, 0.05) is 6.92 Å². The van der Waals surface area contributed by atoms with Crippen molar-refractivity contribution in [3.8, 4) is 0 Å². The van der Waals surface area contributed by atoms with Gasteiger partial charge in [0.2, 0.25) is 5.89 Å². The third kappa shape index (κ3) is 2.32. The van der Waals surface area contributed by atoms with Crippen molar-refractivity contribution in [2.75, 3.05) is 0 Å². The Morgan fingerprint density at radius 2 is 2.06 bits per heavy atom. The molecule has 2 aromatic heterocycles. The maximum Gasteiger partial charge on any atom is 0.344 e. The van der Waals surface area contributed by atoms with E-state index in [1.807, 2.05) is 0 Å². The van der Waals surface area contributed by atoms with Crippen LogP contribution in [0.3, 0.4) is 0 Å². The van der Waals surface area contributed by atoms with Crippen LogP contribution in [0.2, 0.25) is 0 Å². The van der Waals surface area contributed by atoms with Crippen LogP contribution in [0.5, 0.6) is 0 Å². The quantitative estimate of drug-likeness (QED) is 0.743. The number of nitrogens with zero attached hydrogens (tertiary/aromatic N) is 3. The Bertz CT molecular complexity index is 524. The van der Waals surface area contributed by atoms with Crippen molar-refractivity contribution in [2.45, 2.75) is 27.4 Å². The minimum absolute atomic E-state index is 0.0657. The molecule has 0 spiro atoms. The highest BCUT2D eigenvalue weighted by molar-refractivity contribution is 5.91. The fourth-order valence-electron chi connectivity index (χ4n) is 1.37. The molecule has 0 saturated heterocycles. The fraction of sp³-hybridized carbons (Fsp3) is 0.400. The highest BCUT2D eigenvalue weighted by atomic mass is 16.5. The van der Waals surface area contributed by atoms with Crippen LogP contribution in [-0.4, -0.2) is 21.3 Å². The van der Waals surface area contributed by atoms with Crippen LogP contribution in [-0.2, 0) is 11.3 Å². The van der Waals surface area contributed by atoms with E-state index in [-0.39, 0.29) is 12.5 Å². The first-order valence-electron chi connectivity index (χ1n) is 4.97. The maximum absolute atomic E-state index is 11.7. The molecule has 2 aromatic rings. The SMILES string of the molecule is Cc1nnc(COC(=O)c2c(C)noc2C)o1. The van der Waals surface area contributed by atoms with E-state index >= 15 is 0 Å². The summed E-state index contributed by atoms with van der Waals surface area (Å²) in [7, 11) is 0. The van der Waals surface area contributed by atoms with E-state index < -0.39 is 5.97 Å². The van der Waals surface area contributed by atoms with Gasteiger partial charge in [-0.15, -0.1) is 10.2 Å². The molecule has 0 bridgehead atoms. The third-order valence-corrected chi connectivity index (χ3v) is 2.13. The zero-order chi connectivity index (χ0) is 12.4. The second-order valence-electron chi connectivity index (χ2n) is 3.49. The molecule has 2 heterocycles. The molecule has 0 fully saturated rings. The Hall–Kier alpha value is -2.18. The molecule has 0 radical (unpaired) electrons. The van der Waals surface area contributed by atoms with E-state index in [9.17, 15) is 4.79 Å². The summed E-state index contributed by atoms with van der Waals surface area (Å²) in [5, 5.41) is 11.0. The zero-order valence-corrected chi connectivity index (χ0v) is 9.68. The average Bonchev–Trinajstić information content (AvgIpc) is 2.83. The molecule has 0 aliphatic carbocycles. The number of hydrogen-bond donors (Lipinski definition) is 0. The summed E-state index contributed by atoms with van der Waals surface area (Å²) >= 11 is 0. The fourth-order valence-corrected chi connectivity index (χ4v) is 1.37. The van der Waals surface area contributed by atoms with Crippen molar-refractivity contribution in [3.63, 3.8) is 0 Å². The first kappa shape index (κ1) is 11.3. The van der Waals surface area contributed by atoms with Gasteiger partial charge in [-0.25, -0.2) is 4.79 Å². The lowest BCUT2D eigenvalue weighted by atomic mass is 10.2. The number of rotatable bonds is 3. The van der Waals surface area contributed by atoms with Crippen LogP contribution in [0, 0.1) is 20.8 Å². The molecule has 0 atom stereocenters. The van der Waals surface area contributed by atoms with E-state index in [1.165, 1.54) is 0 Å².